The fraction of sp³-hybridized carbons (Fsp3) is 0.909. The lowest BCUT2D eigenvalue weighted by atomic mass is 10.2. The molecule has 0 aromatic heterocycles. The summed E-state index contributed by atoms with van der Waals surface area (Å²) >= 11 is 0. The second-order valence-electron chi connectivity index (χ2n) is 4.05. The number of amides is 1. The van der Waals surface area contributed by atoms with E-state index < -0.39 is 0 Å². The van der Waals surface area contributed by atoms with Crippen LogP contribution in [0.15, 0.2) is 0 Å². The normalized spacial score (nSPS) is 12.9. The highest BCUT2D eigenvalue weighted by atomic mass is 16.2. The third kappa shape index (κ3) is 5.97. The van der Waals surface area contributed by atoms with Gasteiger partial charge in [-0.05, 0) is 25.3 Å². The van der Waals surface area contributed by atoms with Crippen molar-refractivity contribution < 1.29 is 4.79 Å². The van der Waals surface area contributed by atoms with E-state index in [1.807, 2.05) is 6.92 Å². The zero-order valence-electron chi connectivity index (χ0n) is 9.89. The summed E-state index contributed by atoms with van der Waals surface area (Å²) in [4.78, 5) is 11.6. The Balaban J connectivity index is 3.79. The molecule has 0 fully saturated rings. The molecule has 0 aromatic rings. The predicted molar refractivity (Wildman–Crippen MR) is 60.2 cm³/mol. The SMILES string of the molecule is CCCNC(CC)C(=O)NCC(C)C. The molecule has 1 amide bonds. The van der Waals surface area contributed by atoms with Crippen molar-refractivity contribution in [2.24, 2.45) is 5.92 Å². The second-order valence-corrected chi connectivity index (χ2v) is 4.05. The molecule has 84 valence electrons. The fourth-order valence-electron chi connectivity index (χ4n) is 1.17. The molecule has 1 unspecified atom stereocenters. The minimum Gasteiger partial charge on any atom is -0.354 e. The van der Waals surface area contributed by atoms with Crippen LogP contribution in [0.2, 0.25) is 0 Å². The van der Waals surface area contributed by atoms with Gasteiger partial charge in [-0.1, -0.05) is 27.7 Å². The molecule has 3 nitrogen and oxygen atoms in total. The first kappa shape index (κ1) is 13.4. The summed E-state index contributed by atoms with van der Waals surface area (Å²) in [5, 5.41) is 6.17. The van der Waals surface area contributed by atoms with Crippen LogP contribution in [0.5, 0.6) is 0 Å². The van der Waals surface area contributed by atoms with Crippen molar-refractivity contribution in [3.05, 3.63) is 0 Å². The molecule has 0 saturated heterocycles. The average molecular weight is 200 g/mol. The molecule has 1 atom stereocenters. The van der Waals surface area contributed by atoms with E-state index in [2.05, 4.69) is 31.4 Å². The first-order valence-electron chi connectivity index (χ1n) is 5.62. The van der Waals surface area contributed by atoms with Gasteiger partial charge in [0.1, 0.15) is 0 Å². The van der Waals surface area contributed by atoms with Crippen LogP contribution in [-0.4, -0.2) is 25.0 Å². The third-order valence-electron chi connectivity index (χ3n) is 2.05. The Morgan fingerprint density at radius 1 is 1.29 bits per heavy atom. The molecule has 0 radical (unpaired) electrons. The summed E-state index contributed by atoms with van der Waals surface area (Å²) in [6.45, 7) is 10.0. The number of nitrogens with one attached hydrogen (secondary N) is 2. The molecule has 0 saturated carbocycles. The molecule has 0 aromatic carbocycles. The van der Waals surface area contributed by atoms with Crippen molar-refractivity contribution >= 4 is 5.91 Å². The molecule has 3 heteroatoms. The molecular formula is C11H24N2O. The van der Waals surface area contributed by atoms with Gasteiger partial charge in [0.2, 0.25) is 5.91 Å². The Kier molecular flexibility index (Phi) is 7.48. The molecule has 0 heterocycles. The zero-order valence-corrected chi connectivity index (χ0v) is 9.89. The first-order chi connectivity index (χ1) is 6.61. The van der Waals surface area contributed by atoms with Crippen LogP contribution in [0.3, 0.4) is 0 Å². The Morgan fingerprint density at radius 2 is 1.93 bits per heavy atom. The molecule has 0 aliphatic rings. The van der Waals surface area contributed by atoms with E-state index in [1.54, 1.807) is 0 Å². The summed E-state index contributed by atoms with van der Waals surface area (Å²) in [6, 6.07) is -0.0197. The van der Waals surface area contributed by atoms with Gasteiger partial charge in [-0.25, -0.2) is 0 Å². The highest BCUT2D eigenvalue weighted by Gasteiger charge is 2.14. The fourth-order valence-corrected chi connectivity index (χ4v) is 1.17. The quantitative estimate of drug-likeness (QED) is 0.654. The molecule has 0 rings (SSSR count). The lowest BCUT2D eigenvalue weighted by Gasteiger charge is -2.17. The third-order valence-corrected chi connectivity index (χ3v) is 2.05. The van der Waals surface area contributed by atoms with Gasteiger partial charge >= 0.3 is 0 Å². The van der Waals surface area contributed by atoms with Crippen molar-refractivity contribution in [3.8, 4) is 0 Å². The summed E-state index contributed by atoms with van der Waals surface area (Å²) in [6.07, 6.45) is 1.91. The standard InChI is InChI=1S/C11H24N2O/c1-5-7-12-10(6-2)11(14)13-8-9(3)4/h9-10,12H,5-8H2,1-4H3,(H,13,14). The monoisotopic (exact) mass is 200 g/mol. The molecule has 0 aliphatic heterocycles. The molecule has 14 heavy (non-hydrogen) atoms. The van der Waals surface area contributed by atoms with Gasteiger partial charge in [-0.3, -0.25) is 4.79 Å². The predicted octanol–water partition coefficient (Wildman–Crippen LogP) is 1.54. The lowest BCUT2D eigenvalue weighted by Crippen LogP contribution is -2.45. The summed E-state index contributed by atoms with van der Waals surface area (Å²) < 4.78 is 0. The number of carbonyl (C=O) groups excluding carboxylic acids is 1. The van der Waals surface area contributed by atoms with E-state index in [9.17, 15) is 4.79 Å². The summed E-state index contributed by atoms with van der Waals surface area (Å²) in [7, 11) is 0. The second kappa shape index (κ2) is 7.80. The zero-order chi connectivity index (χ0) is 11.0. The molecule has 0 aliphatic carbocycles. The molecule has 0 spiro atoms. The van der Waals surface area contributed by atoms with Crippen LogP contribution < -0.4 is 10.6 Å². The van der Waals surface area contributed by atoms with Crippen molar-refractivity contribution in [1.82, 2.24) is 10.6 Å². The van der Waals surface area contributed by atoms with E-state index in [4.69, 9.17) is 0 Å². The maximum absolute atomic E-state index is 11.6. The van der Waals surface area contributed by atoms with Crippen LogP contribution in [0.4, 0.5) is 0 Å². The van der Waals surface area contributed by atoms with E-state index in [-0.39, 0.29) is 11.9 Å². The Bertz CT molecular complexity index is 157. The molecular weight excluding hydrogens is 176 g/mol. The van der Waals surface area contributed by atoms with E-state index in [1.165, 1.54) is 0 Å². The van der Waals surface area contributed by atoms with Crippen molar-refractivity contribution in [2.45, 2.75) is 46.6 Å². The largest absolute Gasteiger partial charge is 0.354 e. The van der Waals surface area contributed by atoms with Gasteiger partial charge < -0.3 is 10.6 Å². The summed E-state index contributed by atoms with van der Waals surface area (Å²) in [5.74, 6) is 0.650. The first-order valence-corrected chi connectivity index (χ1v) is 5.62. The van der Waals surface area contributed by atoms with E-state index in [0.29, 0.717) is 5.92 Å². The number of hydrogen-bond acceptors (Lipinski definition) is 2. The average Bonchev–Trinajstić information content (AvgIpc) is 2.16. The molecule has 0 bridgehead atoms. The van der Waals surface area contributed by atoms with Crippen LogP contribution in [0.1, 0.15) is 40.5 Å². The Hall–Kier alpha value is -0.570. The topological polar surface area (TPSA) is 41.1 Å². The van der Waals surface area contributed by atoms with Gasteiger partial charge in [0.15, 0.2) is 0 Å². The highest BCUT2D eigenvalue weighted by molar-refractivity contribution is 5.81. The Morgan fingerprint density at radius 3 is 2.36 bits per heavy atom. The van der Waals surface area contributed by atoms with Gasteiger partial charge in [0.05, 0.1) is 6.04 Å². The lowest BCUT2D eigenvalue weighted by molar-refractivity contribution is -0.123. The minimum atomic E-state index is -0.0197. The molecule has 2 N–H and O–H groups in total. The minimum absolute atomic E-state index is 0.0197. The number of rotatable bonds is 7. The van der Waals surface area contributed by atoms with E-state index in [0.717, 1.165) is 25.9 Å². The summed E-state index contributed by atoms with van der Waals surface area (Å²) in [5.41, 5.74) is 0. The van der Waals surface area contributed by atoms with Crippen LogP contribution in [0.25, 0.3) is 0 Å². The van der Waals surface area contributed by atoms with Crippen LogP contribution in [-0.2, 0) is 4.79 Å². The van der Waals surface area contributed by atoms with Crippen molar-refractivity contribution in [2.75, 3.05) is 13.1 Å². The van der Waals surface area contributed by atoms with E-state index >= 15 is 0 Å². The van der Waals surface area contributed by atoms with Crippen LogP contribution in [0, 0.1) is 5.92 Å². The van der Waals surface area contributed by atoms with Gasteiger partial charge in [-0.15, -0.1) is 0 Å². The highest BCUT2D eigenvalue weighted by Crippen LogP contribution is 1.93. The Labute approximate surface area is 87.6 Å². The smallest absolute Gasteiger partial charge is 0.237 e. The maximum atomic E-state index is 11.6. The number of carbonyl (C=O) groups is 1. The number of hydrogen-bond donors (Lipinski definition) is 2. The van der Waals surface area contributed by atoms with Gasteiger partial charge in [0.25, 0.3) is 0 Å². The van der Waals surface area contributed by atoms with Crippen molar-refractivity contribution in [1.29, 1.82) is 0 Å². The van der Waals surface area contributed by atoms with Gasteiger partial charge in [-0.2, -0.15) is 0 Å². The van der Waals surface area contributed by atoms with Crippen LogP contribution >= 0.6 is 0 Å². The van der Waals surface area contributed by atoms with Gasteiger partial charge in [0, 0.05) is 6.54 Å². The van der Waals surface area contributed by atoms with Crippen molar-refractivity contribution in [3.63, 3.8) is 0 Å². The maximum Gasteiger partial charge on any atom is 0.237 e.